The van der Waals surface area contributed by atoms with Gasteiger partial charge in [-0.2, -0.15) is 0 Å². The minimum Gasteiger partial charge on any atom is -0.395 e. The third-order valence-electron chi connectivity index (χ3n) is 3.70. The van der Waals surface area contributed by atoms with Crippen LogP contribution in [0.3, 0.4) is 0 Å². The molecule has 1 aromatic rings. The number of carbonyl (C=O) groups is 1. The van der Waals surface area contributed by atoms with Gasteiger partial charge in [0.15, 0.2) is 0 Å². The van der Waals surface area contributed by atoms with E-state index >= 15 is 0 Å². The van der Waals surface area contributed by atoms with Gasteiger partial charge in [0.1, 0.15) is 0 Å². The van der Waals surface area contributed by atoms with Gasteiger partial charge in [-0.05, 0) is 43.2 Å². The maximum atomic E-state index is 11.9. The van der Waals surface area contributed by atoms with E-state index in [1.54, 1.807) is 11.3 Å². The zero-order valence-electron chi connectivity index (χ0n) is 10.2. The van der Waals surface area contributed by atoms with Gasteiger partial charge in [-0.25, -0.2) is 0 Å². The number of carbonyl (C=O) groups excluding carboxylic acids is 1. The van der Waals surface area contributed by atoms with Gasteiger partial charge >= 0.3 is 0 Å². The lowest BCUT2D eigenvalue weighted by atomic mass is 9.68. The number of hydrogen-bond acceptors (Lipinski definition) is 3. The highest BCUT2D eigenvalue weighted by Crippen LogP contribution is 2.40. The second kappa shape index (κ2) is 5.19. The van der Waals surface area contributed by atoms with E-state index in [2.05, 4.69) is 23.7 Å². The normalized spacial score (nSPS) is 17.5. The van der Waals surface area contributed by atoms with Crippen molar-refractivity contribution in [1.82, 2.24) is 5.32 Å². The Morgan fingerprint density at radius 3 is 2.82 bits per heavy atom. The highest BCUT2D eigenvalue weighted by Gasteiger charge is 2.43. The summed E-state index contributed by atoms with van der Waals surface area (Å²) < 4.78 is 0. The van der Waals surface area contributed by atoms with Crippen molar-refractivity contribution in [3.63, 3.8) is 0 Å². The van der Waals surface area contributed by atoms with E-state index in [0.29, 0.717) is 6.54 Å². The number of aliphatic hydroxyl groups is 1. The van der Waals surface area contributed by atoms with Crippen molar-refractivity contribution in [3.8, 4) is 0 Å². The SMILES string of the molecule is Cc1ccsc1CCNC(=O)C1(CO)CCC1. The fraction of sp³-hybridized carbons (Fsp3) is 0.615. The summed E-state index contributed by atoms with van der Waals surface area (Å²) in [5, 5.41) is 14.3. The summed E-state index contributed by atoms with van der Waals surface area (Å²) in [7, 11) is 0. The molecule has 0 radical (unpaired) electrons. The molecule has 1 heterocycles. The molecule has 2 N–H and O–H groups in total. The topological polar surface area (TPSA) is 49.3 Å². The molecule has 0 bridgehead atoms. The van der Waals surface area contributed by atoms with Crippen LogP contribution in [0.25, 0.3) is 0 Å². The van der Waals surface area contributed by atoms with Crippen molar-refractivity contribution in [2.75, 3.05) is 13.2 Å². The van der Waals surface area contributed by atoms with Crippen molar-refractivity contribution in [2.45, 2.75) is 32.6 Å². The molecule has 1 saturated carbocycles. The standard InChI is InChI=1S/C13H19NO2S/c1-10-4-8-17-11(10)3-7-14-12(16)13(9-15)5-2-6-13/h4,8,15H,2-3,5-7,9H2,1H3,(H,14,16). The summed E-state index contributed by atoms with van der Waals surface area (Å²) in [5.74, 6) is 0.0282. The van der Waals surface area contributed by atoms with Crippen LogP contribution in [-0.2, 0) is 11.2 Å². The zero-order valence-corrected chi connectivity index (χ0v) is 11.0. The largest absolute Gasteiger partial charge is 0.395 e. The lowest BCUT2D eigenvalue weighted by molar-refractivity contribution is -0.139. The second-order valence-electron chi connectivity index (χ2n) is 4.82. The van der Waals surface area contributed by atoms with Gasteiger partial charge in [-0.15, -0.1) is 11.3 Å². The molecule has 1 aliphatic rings. The molecule has 0 aliphatic heterocycles. The van der Waals surface area contributed by atoms with Gasteiger partial charge in [0, 0.05) is 11.4 Å². The Kier molecular flexibility index (Phi) is 3.84. The third kappa shape index (κ3) is 2.53. The second-order valence-corrected chi connectivity index (χ2v) is 5.83. The minimum absolute atomic E-state index is 0.0170. The lowest BCUT2D eigenvalue weighted by Crippen LogP contribution is -2.48. The van der Waals surface area contributed by atoms with E-state index in [4.69, 9.17) is 0 Å². The molecule has 1 aromatic heterocycles. The van der Waals surface area contributed by atoms with Crippen LogP contribution in [0.15, 0.2) is 11.4 Å². The number of aliphatic hydroxyl groups excluding tert-OH is 1. The predicted molar refractivity (Wildman–Crippen MR) is 69.1 cm³/mol. The van der Waals surface area contributed by atoms with Crippen LogP contribution in [0.5, 0.6) is 0 Å². The molecule has 1 aliphatic carbocycles. The summed E-state index contributed by atoms with van der Waals surface area (Å²) in [5.41, 5.74) is 0.828. The van der Waals surface area contributed by atoms with Gasteiger partial charge in [0.25, 0.3) is 0 Å². The minimum atomic E-state index is -0.468. The van der Waals surface area contributed by atoms with E-state index in [-0.39, 0.29) is 12.5 Å². The molecule has 1 fully saturated rings. The fourth-order valence-corrected chi connectivity index (χ4v) is 3.11. The fourth-order valence-electron chi connectivity index (χ4n) is 2.20. The van der Waals surface area contributed by atoms with Crippen LogP contribution < -0.4 is 5.32 Å². The molecule has 0 aromatic carbocycles. The van der Waals surface area contributed by atoms with E-state index in [1.807, 2.05) is 0 Å². The van der Waals surface area contributed by atoms with Gasteiger partial charge < -0.3 is 10.4 Å². The number of thiophene rings is 1. The number of rotatable bonds is 5. The Labute approximate surface area is 106 Å². The molecular weight excluding hydrogens is 234 g/mol. The molecule has 4 heteroatoms. The first-order chi connectivity index (χ1) is 8.18. The summed E-state index contributed by atoms with van der Waals surface area (Å²) in [6.45, 7) is 2.74. The number of hydrogen-bond donors (Lipinski definition) is 2. The van der Waals surface area contributed by atoms with Crippen molar-refractivity contribution in [2.24, 2.45) is 5.41 Å². The van der Waals surface area contributed by atoms with Crippen LogP contribution in [0.4, 0.5) is 0 Å². The van der Waals surface area contributed by atoms with Crippen molar-refractivity contribution < 1.29 is 9.90 Å². The molecule has 2 rings (SSSR count). The van der Waals surface area contributed by atoms with Crippen LogP contribution in [0, 0.1) is 12.3 Å². The Morgan fingerprint density at radius 2 is 2.35 bits per heavy atom. The molecule has 17 heavy (non-hydrogen) atoms. The first-order valence-corrected chi connectivity index (χ1v) is 6.98. The van der Waals surface area contributed by atoms with Crippen LogP contribution >= 0.6 is 11.3 Å². The van der Waals surface area contributed by atoms with Crippen LogP contribution in [0.1, 0.15) is 29.7 Å². The van der Waals surface area contributed by atoms with Crippen molar-refractivity contribution in [1.29, 1.82) is 0 Å². The summed E-state index contributed by atoms with van der Waals surface area (Å²) in [6, 6.07) is 2.10. The maximum Gasteiger partial charge on any atom is 0.228 e. The third-order valence-corrected chi connectivity index (χ3v) is 4.78. The molecule has 0 unspecified atom stereocenters. The molecule has 3 nitrogen and oxygen atoms in total. The monoisotopic (exact) mass is 253 g/mol. The van der Waals surface area contributed by atoms with Gasteiger partial charge in [0.2, 0.25) is 5.91 Å². The lowest BCUT2D eigenvalue weighted by Gasteiger charge is -2.38. The number of amides is 1. The van der Waals surface area contributed by atoms with Crippen LogP contribution in [0.2, 0.25) is 0 Å². The Hall–Kier alpha value is -0.870. The maximum absolute atomic E-state index is 11.9. The number of nitrogens with one attached hydrogen (secondary N) is 1. The molecule has 0 saturated heterocycles. The molecule has 94 valence electrons. The average molecular weight is 253 g/mol. The summed E-state index contributed by atoms with van der Waals surface area (Å²) in [4.78, 5) is 13.3. The molecular formula is C13H19NO2S. The zero-order chi connectivity index (χ0) is 12.3. The quantitative estimate of drug-likeness (QED) is 0.841. The smallest absolute Gasteiger partial charge is 0.228 e. The van der Waals surface area contributed by atoms with Crippen molar-refractivity contribution >= 4 is 17.2 Å². The molecule has 0 atom stereocenters. The average Bonchev–Trinajstić information content (AvgIpc) is 2.64. The summed E-state index contributed by atoms with van der Waals surface area (Å²) >= 11 is 1.73. The van der Waals surface area contributed by atoms with E-state index < -0.39 is 5.41 Å². The Morgan fingerprint density at radius 1 is 1.59 bits per heavy atom. The predicted octanol–water partition coefficient (Wildman–Crippen LogP) is 1.88. The first kappa shape index (κ1) is 12.6. The number of aryl methyl sites for hydroxylation is 1. The van der Waals surface area contributed by atoms with E-state index in [1.165, 1.54) is 10.4 Å². The summed E-state index contributed by atoms with van der Waals surface area (Å²) in [6.07, 6.45) is 3.59. The van der Waals surface area contributed by atoms with Crippen LogP contribution in [-0.4, -0.2) is 24.2 Å². The first-order valence-electron chi connectivity index (χ1n) is 6.10. The van der Waals surface area contributed by atoms with Gasteiger partial charge in [-0.3, -0.25) is 4.79 Å². The van der Waals surface area contributed by atoms with E-state index in [0.717, 1.165) is 25.7 Å². The van der Waals surface area contributed by atoms with Crippen molar-refractivity contribution in [3.05, 3.63) is 21.9 Å². The Bertz CT molecular complexity index is 390. The van der Waals surface area contributed by atoms with Gasteiger partial charge in [0.05, 0.1) is 12.0 Å². The Balaban J connectivity index is 1.79. The molecule has 1 amide bonds. The molecule has 0 spiro atoms. The highest BCUT2D eigenvalue weighted by atomic mass is 32.1. The highest BCUT2D eigenvalue weighted by molar-refractivity contribution is 7.10. The van der Waals surface area contributed by atoms with Gasteiger partial charge in [-0.1, -0.05) is 6.42 Å². The van der Waals surface area contributed by atoms with E-state index in [9.17, 15) is 9.90 Å².